The van der Waals surface area contributed by atoms with Crippen LogP contribution in [-0.4, -0.2) is 47.4 Å². The number of amides is 3. The average molecular weight is 357 g/mol. The van der Waals surface area contributed by atoms with E-state index in [2.05, 4.69) is 17.6 Å². The highest BCUT2D eigenvalue weighted by Crippen LogP contribution is 2.30. The molecule has 4 rings (SSSR count). The molecule has 3 aliphatic heterocycles. The SMILES string of the molecule is C[C@@H]1CC[C@@H](Oc2ccc3c(c2)CN(C2CCC(=O)NC2=O)C3=O)CN1. The number of benzene rings is 1. The van der Waals surface area contributed by atoms with Crippen LogP contribution in [0.3, 0.4) is 0 Å². The van der Waals surface area contributed by atoms with Gasteiger partial charge < -0.3 is 15.0 Å². The van der Waals surface area contributed by atoms with Crippen molar-refractivity contribution in [3.05, 3.63) is 29.3 Å². The van der Waals surface area contributed by atoms with E-state index in [9.17, 15) is 14.4 Å². The largest absolute Gasteiger partial charge is 0.489 e. The molecule has 26 heavy (non-hydrogen) atoms. The van der Waals surface area contributed by atoms with Crippen molar-refractivity contribution >= 4 is 17.7 Å². The summed E-state index contributed by atoms with van der Waals surface area (Å²) in [5.41, 5.74) is 1.48. The van der Waals surface area contributed by atoms with Crippen LogP contribution in [0.2, 0.25) is 0 Å². The Labute approximate surface area is 152 Å². The van der Waals surface area contributed by atoms with Crippen LogP contribution < -0.4 is 15.4 Å². The van der Waals surface area contributed by atoms with Gasteiger partial charge in [-0.05, 0) is 49.9 Å². The van der Waals surface area contributed by atoms with Crippen molar-refractivity contribution in [1.82, 2.24) is 15.5 Å². The number of nitrogens with zero attached hydrogens (tertiary/aromatic N) is 1. The minimum absolute atomic E-state index is 0.132. The van der Waals surface area contributed by atoms with Crippen molar-refractivity contribution in [2.45, 2.75) is 57.3 Å². The van der Waals surface area contributed by atoms with E-state index in [0.717, 1.165) is 30.7 Å². The molecule has 2 saturated heterocycles. The number of fused-ring (bicyclic) bond motifs is 1. The van der Waals surface area contributed by atoms with E-state index in [1.165, 1.54) is 0 Å². The molecule has 1 aromatic rings. The van der Waals surface area contributed by atoms with E-state index in [4.69, 9.17) is 4.74 Å². The van der Waals surface area contributed by atoms with Crippen molar-refractivity contribution in [1.29, 1.82) is 0 Å². The third kappa shape index (κ3) is 3.19. The van der Waals surface area contributed by atoms with Gasteiger partial charge in [0.2, 0.25) is 11.8 Å². The first-order chi connectivity index (χ1) is 12.5. The molecular weight excluding hydrogens is 334 g/mol. The lowest BCUT2D eigenvalue weighted by Crippen LogP contribution is -2.52. The predicted molar refractivity (Wildman–Crippen MR) is 93.6 cm³/mol. The lowest BCUT2D eigenvalue weighted by Gasteiger charge is -2.29. The Morgan fingerprint density at radius 2 is 2.00 bits per heavy atom. The number of rotatable bonds is 3. The molecule has 0 bridgehead atoms. The number of hydrogen-bond donors (Lipinski definition) is 2. The molecule has 7 nitrogen and oxygen atoms in total. The monoisotopic (exact) mass is 357 g/mol. The third-order valence-corrected chi connectivity index (χ3v) is 5.41. The van der Waals surface area contributed by atoms with Crippen molar-refractivity contribution in [3.63, 3.8) is 0 Å². The molecule has 138 valence electrons. The van der Waals surface area contributed by atoms with Gasteiger partial charge in [0, 0.05) is 31.1 Å². The highest BCUT2D eigenvalue weighted by atomic mass is 16.5. The van der Waals surface area contributed by atoms with E-state index in [-0.39, 0.29) is 30.2 Å². The maximum atomic E-state index is 12.7. The molecule has 1 unspecified atom stereocenters. The fourth-order valence-electron chi connectivity index (χ4n) is 3.89. The van der Waals surface area contributed by atoms with E-state index >= 15 is 0 Å². The molecule has 3 atom stereocenters. The second-order valence-electron chi connectivity index (χ2n) is 7.35. The number of imide groups is 1. The molecule has 0 spiro atoms. The molecule has 3 amide bonds. The number of piperidine rings is 2. The fourth-order valence-corrected chi connectivity index (χ4v) is 3.89. The molecule has 2 N–H and O–H groups in total. The average Bonchev–Trinajstić information content (AvgIpc) is 2.93. The number of hydrogen-bond acceptors (Lipinski definition) is 5. The summed E-state index contributed by atoms with van der Waals surface area (Å²) in [6.45, 7) is 3.36. The standard InChI is InChI=1S/C19H23N3O4/c1-11-2-3-14(9-20-11)26-13-4-5-15-12(8-13)10-22(19(15)25)16-6-7-17(23)21-18(16)24/h4-5,8,11,14,16,20H,2-3,6-7,9-10H2,1H3,(H,21,23,24)/t11-,14-,16?/m1/s1. The summed E-state index contributed by atoms with van der Waals surface area (Å²) in [5, 5.41) is 5.73. The van der Waals surface area contributed by atoms with Crippen molar-refractivity contribution in [3.8, 4) is 5.75 Å². The summed E-state index contributed by atoms with van der Waals surface area (Å²) in [7, 11) is 0. The molecule has 3 aliphatic rings. The topological polar surface area (TPSA) is 87.7 Å². The molecular formula is C19H23N3O4. The zero-order valence-corrected chi connectivity index (χ0v) is 14.8. The van der Waals surface area contributed by atoms with Crippen molar-refractivity contribution in [2.75, 3.05) is 6.54 Å². The van der Waals surface area contributed by atoms with Crippen LogP contribution >= 0.6 is 0 Å². The van der Waals surface area contributed by atoms with Gasteiger partial charge in [-0.15, -0.1) is 0 Å². The Bertz CT molecular complexity index is 755. The van der Waals surface area contributed by atoms with E-state index in [1.54, 1.807) is 11.0 Å². The summed E-state index contributed by atoms with van der Waals surface area (Å²) >= 11 is 0. The Hall–Kier alpha value is -2.41. The van der Waals surface area contributed by atoms with Gasteiger partial charge in [-0.1, -0.05) is 0 Å². The van der Waals surface area contributed by atoms with Gasteiger partial charge in [0.15, 0.2) is 0 Å². The maximum Gasteiger partial charge on any atom is 0.255 e. The number of carbonyl (C=O) groups excluding carboxylic acids is 3. The van der Waals surface area contributed by atoms with Gasteiger partial charge in [0.25, 0.3) is 5.91 Å². The minimum atomic E-state index is -0.582. The van der Waals surface area contributed by atoms with E-state index in [1.807, 2.05) is 12.1 Å². The number of ether oxygens (including phenoxy) is 1. The molecule has 1 aromatic carbocycles. The fraction of sp³-hybridized carbons (Fsp3) is 0.526. The van der Waals surface area contributed by atoms with Gasteiger partial charge in [-0.25, -0.2) is 0 Å². The molecule has 2 fully saturated rings. The zero-order valence-electron chi connectivity index (χ0n) is 14.8. The van der Waals surface area contributed by atoms with Crippen LogP contribution in [0.1, 0.15) is 48.5 Å². The lowest BCUT2D eigenvalue weighted by atomic mass is 10.0. The maximum absolute atomic E-state index is 12.7. The lowest BCUT2D eigenvalue weighted by molar-refractivity contribution is -0.136. The molecule has 3 heterocycles. The third-order valence-electron chi connectivity index (χ3n) is 5.41. The highest BCUT2D eigenvalue weighted by molar-refractivity contribution is 6.05. The molecule has 0 radical (unpaired) electrons. The quantitative estimate of drug-likeness (QED) is 0.787. The summed E-state index contributed by atoms with van der Waals surface area (Å²) in [6.07, 6.45) is 2.86. The summed E-state index contributed by atoms with van der Waals surface area (Å²) in [5.74, 6) is -0.0694. The van der Waals surface area contributed by atoms with Gasteiger partial charge in [0.1, 0.15) is 17.9 Å². The highest BCUT2D eigenvalue weighted by Gasteiger charge is 2.39. The summed E-state index contributed by atoms with van der Waals surface area (Å²) < 4.78 is 6.06. The van der Waals surface area contributed by atoms with Gasteiger partial charge in [-0.2, -0.15) is 0 Å². The Balaban J connectivity index is 1.46. The first kappa shape index (κ1) is 17.0. The van der Waals surface area contributed by atoms with Crippen molar-refractivity contribution in [2.24, 2.45) is 0 Å². The first-order valence-corrected chi connectivity index (χ1v) is 9.19. The van der Waals surface area contributed by atoms with Gasteiger partial charge in [-0.3, -0.25) is 19.7 Å². The molecule has 7 heteroatoms. The molecule has 0 saturated carbocycles. The van der Waals surface area contributed by atoms with Crippen LogP contribution in [0.25, 0.3) is 0 Å². The summed E-state index contributed by atoms with van der Waals surface area (Å²) in [4.78, 5) is 37.6. The molecule has 0 aliphatic carbocycles. The van der Waals surface area contributed by atoms with Gasteiger partial charge in [0.05, 0.1) is 0 Å². The summed E-state index contributed by atoms with van der Waals surface area (Å²) in [6, 6.07) is 5.44. The van der Waals surface area contributed by atoms with Crippen LogP contribution in [0.4, 0.5) is 0 Å². The van der Waals surface area contributed by atoms with Crippen LogP contribution in [0.15, 0.2) is 18.2 Å². The molecule has 0 aromatic heterocycles. The van der Waals surface area contributed by atoms with E-state index in [0.29, 0.717) is 24.6 Å². The van der Waals surface area contributed by atoms with Gasteiger partial charge >= 0.3 is 0 Å². The smallest absolute Gasteiger partial charge is 0.255 e. The van der Waals surface area contributed by atoms with Crippen LogP contribution in [0.5, 0.6) is 5.75 Å². The van der Waals surface area contributed by atoms with Crippen molar-refractivity contribution < 1.29 is 19.1 Å². The zero-order chi connectivity index (χ0) is 18.3. The van der Waals surface area contributed by atoms with Crippen LogP contribution in [0, 0.1) is 0 Å². The Morgan fingerprint density at radius 3 is 2.73 bits per heavy atom. The Kier molecular flexibility index (Phi) is 4.40. The first-order valence-electron chi connectivity index (χ1n) is 9.19. The Morgan fingerprint density at radius 1 is 1.15 bits per heavy atom. The van der Waals surface area contributed by atoms with E-state index < -0.39 is 6.04 Å². The second kappa shape index (κ2) is 6.72. The number of nitrogens with one attached hydrogen (secondary N) is 2. The normalized spacial score (nSPS) is 28.7. The predicted octanol–water partition coefficient (Wildman–Crippen LogP) is 0.967. The second-order valence-corrected chi connectivity index (χ2v) is 7.35. The number of carbonyl (C=O) groups is 3. The van der Waals surface area contributed by atoms with Crippen LogP contribution in [-0.2, 0) is 16.1 Å². The minimum Gasteiger partial charge on any atom is -0.489 e.